The van der Waals surface area contributed by atoms with Gasteiger partial charge in [0.2, 0.25) is 59.1 Å². The molecule has 0 saturated carbocycles. The van der Waals surface area contributed by atoms with Crippen molar-refractivity contribution in [1.82, 2.24) is 85.1 Å². The maximum atomic E-state index is 13.5. The van der Waals surface area contributed by atoms with E-state index in [0.29, 0.717) is 38.8 Å². The zero-order chi connectivity index (χ0) is 69.5. The van der Waals surface area contributed by atoms with Crippen LogP contribution in [-0.2, 0) is 57.5 Å². The number of nitrogens with one attached hydrogen (secondary N) is 16. The predicted octanol–water partition coefficient (Wildman–Crippen LogP) is -15.4. The number of hydrogen-bond acceptors (Lipinski definition) is 27. The highest BCUT2D eigenvalue weighted by Gasteiger charge is 2.38. The second kappa shape index (κ2) is 39.7. The van der Waals surface area contributed by atoms with Crippen molar-refractivity contribution in [3.05, 3.63) is 23.8 Å². The molecular formula is C50H88N28O15. The lowest BCUT2D eigenvalue weighted by Gasteiger charge is -2.31. The summed E-state index contributed by atoms with van der Waals surface area (Å²) in [7, 11) is 0. The average molecular weight is 1320 g/mol. The van der Waals surface area contributed by atoms with E-state index in [1.165, 1.54) is 19.4 Å². The Morgan fingerprint density at radius 1 is 0.559 bits per heavy atom. The van der Waals surface area contributed by atoms with Crippen molar-refractivity contribution >= 4 is 95.4 Å². The lowest BCUT2D eigenvalue weighted by molar-refractivity contribution is -0.134. The number of aliphatic hydroxyl groups excluding tert-OH is 1. The van der Waals surface area contributed by atoms with E-state index < -0.39 is 206 Å². The number of nitrogens with two attached hydrogens (primary N) is 10. The third-order valence-electron chi connectivity index (χ3n) is 13.6. The minimum atomic E-state index is -1.63. The first-order valence-electron chi connectivity index (χ1n) is 29.1. The standard InChI is InChI=1S/C25H44N14O8.C25H44N14O7/c26-4-1-2-11(27)6-17(41)32-8-14-20(43)35-15(9-34-25(30)47)21(44)39-18(13-3-5-31-24(29)38-13)23(46)33-7-12(28)19(42)37-16(10-40)22(45)36-14;1-11-19(41)36-15(9-32-17(40)7-12(27)3-2-5-26)21(43)37-16(10-34-25(30)46)22(44)39-18(14-4-6-31-24(29)38-14)23(45)33-8-13(28)20(42)35-11/h5,9,11-14,16,18,24,38,40H,1-4,6-8,10,26-29H2,(H,32,41)(H,33,46)(H,35,43)(H,36,45)(H,37,42)(H,39,44)(H3,30,34,47);6,10-15,18,24,38H,2-5,7-9,26-29H2,1H3,(H,32,40)(H,33,45)(H,35,42)(H,36,41)(H,37,43)(H,39,44)(H3,30,34,46)/t11-,12?,13?,14-,16-,18?,24?;11-,12-,13?,14?,15-,18?,24?/m11/s1. The van der Waals surface area contributed by atoms with Crippen LogP contribution in [0.4, 0.5) is 9.59 Å². The van der Waals surface area contributed by atoms with Gasteiger partial charge in [0, 0.05) is 101 Å². The van der Waals surface area contributed by atoms with Crippen LogP contribution in [0.15, 0.2) is 33.8 Å². The van der Waals surface area contributed by atoms with Crippen LogP contribution in [0.3, 0.4) is 0 Å². The first-order chi connectivity index (χ1) is 44.0. The summed E-state index contributed by atoms with van der Waals surface area (Å²) in [5.41, 5.74) is 55.3. The van der Waals surface area contributed by atoms with Crippen molar-refractivity contribution < 1.29 is 72.2 Å². The molecule has 14 atom stereocenters. The van der Waals surface area contributed by atoms with Crippen LogP contribution in [-0.4, -0.2) is 231 Å². The van der Waals surface area contributed by atoms with E-state index in [4.69, 9.17) is 57.3 Å². The van der Waals surface area contributed by atoms with Gasteiger partial charge in [-0.1, -0.05) is 0 Å². The van der Waals surface area contributed by atoms with Gasteiger partial charge >= 0.3 is 12.1 Å². The molecule has 8 unspecified atom stereocenters. The summed E-state index contributed by atoms with van der Waals surface area (Å²) in [6, 6.07) is -16.4. The van der Waals surface area contributed by atoms with Crippen LogP contribution in [0.5, 0.6) is 0 Å². The van der Waals surface area contributed by atoms with Gasteiger partial charge in [-0.3, -0.25) is 89.6 Å². The molecule has 93 heavy (non-hydrogen) atoms. The summed E-state index contributed by atoms with van der Waals surface area (Å²) in [5, 5.41) is 48.1. The molecular weight excluding hydrogens is 1230 g/mol. The van der Waals surface area contributed by atoms with E-state index in [-0.39, 0.29) is 32.2 Å². The van der Waals surface area contributed by atoms with Crippen molar-refractivity contribution in [1.29, 1.82) is 0 Å². The van der Waals surface area contributed by atoms with Crippen LogP contribution in [0, 0.1) is 0 Å². The smallest absolute Gasteiger partial charge is 0.316 e. The number of carbonyl (C=O) groups excluding carboxylic acids is 14. The maximum Gasteiger partial charge on any atom is 0.316 e. The number of primary amides is 2. The number of amides is 16. The SMILES string of the molecule is C[C@H]1NC(=O)C(N)CNC(=O)C(C2CC=NC(N)N2)NC(=O)C(=CNC(N)=O)NC(=O)[C@@H](CNC(=O)C[C@H](N)CCCN)NC1=O.NCCC[C@@H](N)CC(=O)NC[C@H]1NC(=O)[C@@H](CO)NC(=O)C(N)CNC(=O)C(C2CC=NC(N)N2)NC(=O)C(=CNC(N)=O)NC1=O. The summed E-state index contributed by atoms with van der Waals surface area (Å²) < 4.78 is 0. The van der Waals surface area contributed by atoms with E-state index in [1.807, 2.05) is 5.32 Å². The molecule has 0 aromatic rings. The number of aliphatic hydroxyl groups is 1. The molecule has 37 N–H and O–H groups in total. The second-order valence-corrected chi connectivity index (χ2v) is 21.3. The Bertz CT molecular complexity index is 2810. The second-order valence-electron chi connectivity index (χ2n) is 21.3. The minimum Gasteiger partial charge on any atom is -0.394 e. The quantitative estimate of drug-likeness (QED) is 0.0534. The zero-order valence-corrected chi connectivity index (χ0v) is 50.8. The minimum absolute atomic E-state index is 0.101. The van der Waals surface area contributed by atoms with E-state index in [2.05, 4.69) is 89.7 Å². The summed E-state index contributed by atoms with van der Waals surface area (Å²) in [4.78, 5) is 187. The van der Waals surface area contributed by atoms with Gasteiger partial charge in [0.1, 0.15) is 59.7 Å². The highest BCUT2D eigenvalue weighted by atomic mass is 16.3. The Morgan fingerprint density at radius 3 is 1.32 bits per heavy atom. The molecule has 4 rings (SSSR count). The van der Waals surface area contributed by atoms with Crippen molar-refractivity contribution in [2.75, 3.05) is 45.9 Å². The van der Waals surface area contributed by atoms with Gasteiger partial charge in [-0.2, -0.15) is 0 Å². The first kappa shape index (κ1) is 77.8. The number of urea groups is 2. The molecule has 0 aromatic carbocycles. The molecule has 2 fully saturated rings. The Kier molecular flexibility index (Phi) is 33.2. The van der Waals surface area contributed by atoms with E-state index in [0.717, 1.165) is 12.4 Å². The highest BCUT2D eigenvalue weighted by Crippen LogP contribution is 2.09. The van der Waals surface area contributed by atoms with Gasteiger partial charge in [-0.15, -0.1) is 0 Å². The number of aliphatic imine (C=N–C) groups is 2. The maximum absolute atomic E-state index is 13.5. The molecule has 4 aliphatic rings. The Hall–Kier alpha value is -9.44. The van der Waals surface area contributed by atoms with Gasteiger partial charge in [0.05, 0.1) is 6.61 Å². The van der Waals surface area contributed by atoms with E-state index in [9.17, 15) is 72.2 Å². The van der Waals surface area contributed by atoms with Gasteiger partial charge in [0.15, 0.2) is 12.6 Å². The normalized spacial score (nSPS) is 28.0. The molecule has 4 aliphatic heterocycles. The fourth-order valence-electron chi connectivity index (χ4n) is 8.57. The average Bonchev–Trinajstić information content (AvgIpc) is 0.943. The Balaban J connectivity index is 0.000000485. The number of nitrogens with zero attached hydrogens (tertiary/aromatic N) is 2. The van der Waals surface area contributed by atoms with Crippen LogP contribution in [0.25, 0.3) is 0 Å². The van der Waals surface area contributed by atoms with Crippen molar-refractivity contribution in [2.24, 2.45) is 67.3 Å². The third kappa shape index (κ3) is 27.9. The lowest BCUT2D eigenvalue weighted by Crippen LogP contribution is -2.64. The molecule has 4 heterocycles. The summed E-state index contributed by atoms with van der Waals surface area (Å²) >= 11 is 0. The van der Waals surface area contributed by atoms with Crippen LogP contribution in [0.2, 0.25) is 0 Å². The number of rotatable bonds is 19. The van der Waals surface area contributed by atoms with Crippen LogP contribution >= 0.6 is 0 Å². The molecule has 0 radical (unpaired) electrons. The van der Waals surface area contributed by atoms with Gasteiger partial charge in [-0.05, 0) is 45.7 Å². The summed E-state index contributed by atoms with van der Waals surface area (Å²) in [6.07, 6.45) is 4.69. The van der Waals surface area contributed by atoms with Gasteiger partial charge in [0.25, 0.3) is 11.8 Å². The Labute approximate surface area is 531 Å². The van der Waals surface area contributed by atoms with Gasteiger partial charge < -0.3 is 125 Å². The monoisotopic (exact) mass is 1320 g/mol. The van der Waals surface area contributed by atoms with Crippen molar-refractivity contribution in [2.45, 2.75) is 143 Å². The molecule has 43 heteroatoms. The molecule has 0 aromatic heterocycles. The molecule has 518 valence electrons. The number of carbonyl (C=O) groups is 14. The summed E-state index contributed by atoms with van der Waals surface area (Å²) in [6.45, 7) is -0.712. The zero-order valence-electron chi connectivity index (χ0n) is 50.8. The lowest BCUT2D eigenvalue weighted by atomic mass is 10.0. The van der Waals surface area contributed by atoms with Crippen LogP contribution < -0.4 is 142 Å². The van der Waals surface area contributed by atoms with E-state index >= 15 is 0 Å². The third-order valence-corrected chi connectivity index (χ3v) is 13.6. The highest BCUT2D eigenvalue weighted by molar-refractivity contribution is 6.04. The topological polar surface area (TPSA) is 737 Å². The first-order valence-corrected chi connectivity index (χ1v) is 29.1. The molecule has 0 spiro atoms. The van der Waals surface area contributed by atoms with Crippen molar-refractivity contribution in [3.63, 3.8) is 0 Å². The Morgan fingerprint density at radius 2 is 0.946 bits per heavy atom. The number of hydrogen-bond donors (Lipinski definition) is 27. The van der Waals surface area contributed by atoms with E-state index in [1.54, 1.807) is 0 Å². The fourth-order valence-corrected chi connectivity index (χ4v) is 8.57. The molecule has 16 amide bonds. The van der Waals surface area contributed by atoms with Gasteiger partial charge in [-0.25, -0.2) is 9.59 Å². The van der Waals surface area contributed by atoms with Crippen LogP contribution in [0.1, 0.15) is 58.3 Å². The molecule has 0 bridgehead atoms. The fraction of sp³-hybridized carbons (Fsp3) is 0.600. The summed E-state index contributed by atoms with van der Waals surface area (Å²) in [5.74, 6) is -10.7. The molecule has 2 saturated heterocycles. The predicted molar refractivity (Wildman–Crippen MR) is 328 cm³/mol. The van der Waals surface area contributed by atoms with Crippen molar-refractivity contribution in [3.8, 4) is 0 Å². The molecule has 0 aliphatic carbocycles. The largest absolute Gasteiger partial charge is 0.394 e. The molecule has 43 nitrogen and oxygen atoms in total.